The molecule has 0 saturated heterocycles. The minimum absolute atomic E-state index is 0.333. The molecule has 0 fully saturated rings. The van der Waals surface area contributed by atoms with Gasteiger partial charge < -0.3 is 14.2 Å². The summed E-state index contributed by atoms with van der Waals surface area (Å²) in [5.41, 5.74) is 1.75. The van der Waals surface area contributed by atoms with Crippen LogP contribution in [-0.2, 0) is 14.3 Å². The molecule has 0 amide bonds. The number of hydrogen-bond acceptors (Lipinski definition) is 4. The van der Waals surface area contributed by atoms with E-state index in [9.17, 15) is 4.79 Å². The molecule has 0 aliphatic heterocycles. The molecular formula is C18H20O4. The molecule has 0 aromatic heterocycles. The molecule has 0 spiro atoms. The fourth-order valence-corrected chi connectivity index (χ4v) is 2.48. The summed E-state index contributed by atoms with van der Waals surface area (Å²) in [5.74, 6) is -0.134. The first-order valence-corrected chi connectivity index (χ1v) is 7.00. The normalized spacial score (nSPS) is 13.2. The minimum atomic E-state index is -0.539. The van der Waals surface area contributed by atoms with E-state index in [1.807, 2.05) is 54.6 Å². The van der Waals surface area contributed by atoms with E-state index in [0.29, 0.717) is 0 Å². The number of methoxy groups -OCH3 is 3. The predicted octanol–water partition coefficient (Wildman–Crippen LogP) is 3.34. The number of hydrogen-bond donors (Lipinski definition) is 0. The zero-order valence-electron chi connectivity index (χ0n) is 13.0. The monoisotopic (exact) mass is 300 g/mol. The molecule has 4 heteroatoms. The summed E-state index contributed by atoms with van der Waals surface area (Å²) < 4.78 is 15.7. The van der Waals surface area contributed by atoms with Crippen molar-refractivity contribution in [3.05, 3.63) is 65.7 Å². The van der Waals surface area contributed by atoms with Gasteiger partial charge in [0.1, 0.15) is 11.7 Å². The third-order valence-corrected chi connectivity index (χ3v) is 3.61. The van der Waals surface area contributed by atoms with Crippen LogP contribution in [0.3, 0.4) is 0 Å². The first-order chi connectivity index (χ1) is 10.7. The van der Waals surface area contributed by atoms with Gasteiger partial charge in [0.05, 0.1) is 20.3 Å². The summed E-state index contributed by atoms with van der Waals surface area (Å²) >= 11 is 0. The second-order valence-electron chi connectivity index (χ2n) is 4.84. The van der Waals surface area contributed by atoms with Crippen LogP contribution < -0.4 is 4.74 Å². The number of rotatable bonds is 6. The van der Waals surface area contributed by atoms with Crippen LogP contribution in [0.2, 0.25) is 0 Å². The second-order valence-corrected chi connectivity index (χ2v) is 4.84. The van der Waals surface area contributed by atoms with Gasteiger partial charge in [0.2, 0.25) is 0 Å². The first-order valence-electron chi connectivity index (χ1n) is 7.00. The molecule has 2 atom stereocenters. The molecule has 22 heavy (non-hydrogen) atoms. The molecule has 0 bridgehead atoms. The fourth-order valence-electron chi connectivity index (χ4n) is 2.48. The highest BCUT2D eigenvalue weighted by molar-refractivity contribution is 5.79. The quantitative estimate of drug-likeness (QED) is 0.768. The number of esters is 1. The largest absolute Gasteiger partial charge is 0.497 e. The number of ether oxygens (including phenoxy) is 3. The Hall–Kier alpha value is -2.33. The smallest absolute Gasteiger partial charge is 0.316 e. The summed E-state index contributed by atoms with van der Waals surface area (Å²) in [5, 5.41) is 0. The van der Waals surface area contributed by atoms with Crippen molar-refractivity contribution in [1.29, 1.82) is 0 Å². The van der Waals surface area contributed by atoms with Gasteiger partial charge in [-0.25, -0.2) is 0 Å². The lowest BCUT2D eigenvalue weighted by molar-refractivity contribution is -0.146. The summed E-state index contributed by atoms with van der Waals surface area (Å²) in [4.78, 5) is 12.3. The summed E-state index contributed by atoms with van der Waals surface area (Å²) in [6.07, 6.45) is -0.415. The molecule has 0 heterocycles. The Morgan fingerprint density at radius 2 is 1.50 bits per heavy atom. The van der Waals surface area contributed by atoms with Crippen molar-refractivity contribution in [2.75, 3.05) is 21.3 Å². The Bertz CT molecular complexity index is 592. The first kappa shape index (κ1) is 16.0. The van der Waals surface area contributed by atoms with Crippen molar-refractivity contribution in [2.45, 2.75) is 12.0 Å². The van der Waals surface area contributed by atoms with Gasteiger partial charge in [-0.1, -0.05) is 42.5 Å². The highest BCUT2D eigenvalue weighted by Gasteiger charge is 2.32. The molecule has 4 nitrogen and oxygen atoms in total. The molecule has 0 N–H and O–H groups in total. The van der Waals surface area contributed by atoms with Crippen molar-refractivity contribution >= 4 is 5.97 Å². The summed E-state index contributed by atoms with van der Waals surface area (Å²) in [7, 11) is 4.59. The highest BCUT2D eigenvalue weighted by atomic mass is 16.5. The molecule has 0 aliphatic rings. The van der Waals surface area contributed by atoms with Crippen molar-refractivity contribution < 1.29 is 19.0 Å². The standard InChI is InChI=1S/C18H20O4/c1-20-15-11-9-13(10-12-15)16(18(19)22-3)17(21-2)14-7-5-4-6-8-14/h4-12,16-17H,1-3H3/t16-,17+/m1/s1. The van der Waals surface area contributed by atoms with Gasteiger partial charge in [-0.15, -0.1) is 0 Å². The molecule has 2 rings (SSSR count). The van der Waals surface area contributed by atoms with Gasteiger partial charge in [-0.3, -0.25) is 4.79 Å². The maximum atomic E-state index is 12.3. The van der Waals surface area contributed by atoms with Crippen LogP contribution in [0, 0.1) is 0 Å². The van der Waals surface area contributed by atoms with E-state index in [1.54, 1.807) is 14.2 Å². The lowest BCUT2D eigenvalue weighted by Crippen LogP contribution is -2.23. The Morgan fingerprint density at radius 3 is 2.00 bits per heavy atom. The van der Waals surface area contributed by atoms with Crippen LogP contribution in [0.15, 0.2) is 54.6 Å². The van der Waals surface area contributed by atoms with Crippen LogP contribution in [0.1, 0.15) is 23.1 Å². The Labute approximate surface area is 130 Å². The van der Waals surface area contributed by atoms with E-state index >= 15 is 0 Å². The molecule has 0 unspecified atom stereocenters. The van der Waals surface area contributed by atoms with Crippen LogP contribution in [0.4, 0.5) is 0 Å². The van der Waals surface area contributed by atoms with Crippen molar-refractivity contribution in [3.8, 4) is 5.75 Å². The van der Waals surface area contributed by atoms with E-state index < -0.39 is 12.0 Å². The third kappa shape index (κ3) is 3.46. The fraction of sp³-hybridized carbons (Fsp3) is 0.278. The average molecular weight is 300 g/mol. The summed E-state index contributed by atoms with van der Waals surface area (Å²) in [6, 6.07) is 17.0. The number of benzene rings is 2. The maximum Gasteiger partial charge on any atom is 0.316 e. The molecule has 116 valence electrons. The predicted molar refractivity (Wildman–Crippen MR) is 83.9 cm³/mol. The lowest BCUT2D eigenvalue weighted by atomic mass is 9.89. The maximum absolute atomic E-state index is 12.3. The van der Waals surface area contributed by atoms with Gasteiger partial charge in [-0.05, 0) is 23.3 Å². The molecular weight excluding hydrogens is 280 g/mol. The molecule has 0 saturated carbocycles. The molecule has 2 aromatic carbocycles. The average Bonchev–Trinajstić information content (AvgIpc) is 2.60. The van der Waals surface area contributed by atoms with Gasteiger partial charge in [-0.2, -0.15) is 0 Å². The Morgan fingerprint density at radius 1 is 0.864 bits per heavy atom. The van der Waals surface area contributed by atoms with Crippen LogP contribution in [0.25, 0.3) is 0 Å². The SMILES string of the molecule is COC(=O)[C@H](c1ccc(OC)cc1)[C@@H](OC)c1ccccc1. The topological polar surface area (TPSA) is 44.8 Å². The molecule has 0 aliphatic carbocycles. The highest BCUT2D eigenvalue weighted by Crippen LogP contribution is 2.35. The van der Waals surface area contributed by atoms with E-state index in [4.69, 9.17) is 14.2 Å². The number of carbonyl (C=O) groups is 1. The van der Waals surface area contributed by atoms with E-state index in [-0.39, 0.29) is 5.97 Å². The lowest BCUT2D eigenvalue weighted by Gasteiger charge is -2.25. The van der Waals surface area contributed by atoms with E-state index in [2.05, 4.69) is 0 Å². The molecule has 0 radical (unpaired) electrons. The van der Waals surface area contributed by atoms with Crippen LogP contribution >= 0.6 is 0 Å². The van der Waals surface area contributed by atoms with Crippen molar-refractivity contribution in [2.24, 2.45) is 0 Å². The summed E-state index contributed by atoms with van der Waals surface area (Å²) in [6.45, 7) is 0. The van der Waals surface area contributed by atoms with Crippen LogP contribution in [0.5, 0.6) is 5.75 Å². The van der Waals surface area contributed by atoms with Crippen LogP contribution in [-0.4, -0.2) is 27.3 Å². The van der Waals surface area contributed by atoms with Gasteiger partial charge >= 0.3 is 5.97 Å². The number of carbonyl (C=O) groups excluding carboxylic acids is 1. The van der Waals surface area contributed by atoms with Gasteiger partial charge in [0.25, 0.3) is 0 Å². The third-order valence-electron chi connectivity index (χ3n) is 3.61. The minimum Gasteiger partial charge on any atom is -0.497 e. The molecule has 2 aromatic rings. The van der Waals surface area contributed by atoms with E-state index in [1.165, 1.54) is 7.11 Å². The van der Waals surface area contributed by atoms with E-state index in [0.717, 1.165) is 16.9 Å². The van der Waals surface area contributed by atoms with Crippen molar-refractivity contribution in [1.82, 2.24) is 0 Å². The van der Waals surface area contributed by atoms with Crippen molar-refractivity contribution in [3.63, 3.8) is 0 Å². The second kappa shape index (κ2) is 7.61. The zero-order chi connectivity index (χ0) is 15.9. The zero-order valence-corrected chi connectivity index (χ0v) is 13.0. The Balaban J connectivity index is 2.41. The van der Waals surface area contributed by atoms with Gasteiger partial charge in [0.15, 0.2) is 0 Å². The van der Waals surface area contributed by atoms with Gasteiger partial charge in [0, 0.05) is 7.11 Å². The Kier molecular flexibility index (Phi) is 5.55.